The maximum Gasteiger partial charge on any atom is 0.304 e. The maximum atomic E-state index is 10.9. The molecule has 1 fully saturated rings. The van der Waals surface area contributed by atoms with Crippen molar-refractivity contribution >= 4 is 11.3 Å². The van der Waals surface area contributed by atoms with E-state index < -0.39 is 0 Å². The van der Waals surface area contributed by atoms with Crippen molar-refractivity contribution < 1.29 is 0 Å². The molecule has 1 aliphatic carbocycles. The molecular weight excluding hydrogens is 210 g/mol. The van der Waals surface area contributed by atoms with Crippen LogP contribution in [0.25, 0.3) is 0 Å². The number of aromatic nitrogens is 1. The highest BCUT2D eigenvalue weighted by molar-refractivity contribution is 7.07. The van der Waals surface area contributed by atoms with Crippen LogP contribution >= 0.6 is 11.3 Å². The second-order valence-corrected chi connectivity index (χ2v) is 5.09. The summed E-state index contributed by atoms with van der Waals surface area (Å²) < 4.78 is 0. The van der Waals surface area contributed by atoms with E-state index in [1.165, 1.54) is 17.8 Å². The van der Waals surface area contributed by atoms with Gasteiger partial charge >= 0.3 is 4.87 Å². The molecule has 1 aromatic rings. The van der Waals surface area contributed by atoms with Gasteiger partial charge in [-0.3, -0.25) is 4.79 Å². The number of hydrogen-bond donors (Lipinski definition) is 3. The highest BCUT2D eigenvalue weighted by Crippen LogP contribution is 2.23. The largest absolute Gasteiger partial charge is 0.328 e. The normalized spacial score (nSPS) is 25.9. The number of H-pyrrole nitrogens is 1. The van der Waals surface area contributed by atoms with Gasteiger partial charge in [0.1, 0.15) is 0 Å². The summed E-state index contributed by atoms with van der Waals surface area (Å²) in [7, 11) is 0. The Morgan fingerprint density at radius 3 is 3.07 bits per heavy atom. The first-order valence-electron chi connectivity index (χ1n) is 5.37. The second kappa shape index (κ2) is 4.92. The summed E-state index contributed by atoms with van der Waals surface area (Å²) in [4.78, 5) is 13.7. The van der Waals surface area contributed by atoms with Gasteiger partial charge in [0.05, 0.1) is 0 Å². The number of hydrogen-bond acceptors (Lipinski definition) is 4. The molecule has 4 N–H and O–H groups in total. The summed E-state index contributed by atoms with van der Waals surface area (Å²) in [5.74, 6) is 0.713. The molecule has 5 heteroatoms. The van der Waals surface area contributed by atoms with Crippen molar-refractivity contribution in [3.63, 3.8) is 0 Å². The number of nitrogens with one attached hydrogen (secondary N) is 2. The quantitative estimate of drug-likeness (QED) is 0.707. The van der Waals surface area contributed by atoms with Gasteiger partial charge in [-0.2, -0.15) is 0 Å². The van der Waals surface area contributed by atoms with Crippen molar-refractivity contribution in [3.05, 3.63) is 20.7 Å². The van der Waals surface area contributed by atoms with Crippen molar-refractivity contribution in [2.75, 3.05) is 6.54 Å². The van der Waals surface area contributed by atoms with Gasteiger partial charge in [0.15, 0.2) is 0 Å². The van der Waals surface area contributed by atoms with Gasteiger partial charge in [0, 0.05) is 23.7 Å². The summed E-state index contributed by atoms with van der Waals surface area (Å²) >= 11 is 1.22. The number of aromatic amines is 1. The van der Waals surface area contributed by atoms with Crippen LogP contribution in [-0.2, 0) is 6.54 Å². The van der Waals surface area contributed by atoms with Crippen molar-refractivity contribution in [3.8, 4) is 0 Å². The maximum absolute atomic E-state index is 10.9. The van der Waals surface area contributed by atoms with Gasteiger partial charge in [0.2, 0.25) is 0 Å². The first-order chi connectivity index (χ1) is 7.24. The molecule has 1 aliphatic rings. The lowest BCUT2D eigenvalue weighted by molar-refractivity contribution is 0.481. The fourth-order valence-electron chi connectivity index (χ4n) is 2.11. The molecule has 0 saturated heterocycles. The summed E-state index contributed by atoms with van der Waals surface area (Å²) in [6.07, 6.45) is 3.52. The lowest BCUT2D eigenvalue weighted by Crippen LogP contribution is -2.23. The van der Waals surface area contributed by atoms with Crippen LogP contribution in [0, 0.1) is 5.92 Å². The van der Waals surface area contributed by atoms with Gasteiger partial charge in [-0.25, -0.2) is 0 Å². The molecule has 0 radical (unpaired) electrons. The van der Waals surface area contributed by atoms with Crippen LogP contribution in [0.2, 0.25) is 0 Å². The van der Waals surface area contributed by atoms with E-state index in [1.54, 1.807) is 0 Å². The van der Waals surface area contributed by atoms with E-state index in [0.29, 0.717) is 12.0 Å². The minimum absolute atomic E-state index is 0.0229. The molecule has 1 saturated carbocycles. The third kappa shape index (κ3) is 3.15. The first kappa shape index (κ1) is 10.9. The highest BCUT2D eigenvalue weighted by Gasteiger charge is 2.20. The topological polar surface area (TPSA) is 70.9 Å². The minimum Gasteiger partial charge on any atom is -0.328 e. The molecule has 0 bridgehead atoms. The number of rotatable bonds is 4. The van der Waals surface area contributed by atoms with Gasteiger partial charge in [-0.1, -0.05) is 11.3 Å². The van der Waals surface area contributed by atoms with E-state index in [2.05, 4.69) is 10.3 Å². The average molecular weight is 227 g/mol. The van der Waals surface area contributed by atoms with Gasteiger partial charge in [-0.05, 0) is 31.7 Å². The number of thiazole rings is 1. The molecule has 0 aromatic carbocycles. The molecule has 2 unspecified atom stereocenters. The van der Waals surface area contributed by atoms with Crippen LogP contribution in [0.3, 0.4) is 0 Å². The molecule has 0 aliphatic heterocycles. The zero-order valence-corrected chi connectivity index (χ0v) is 9.48. The summed E-state index contributed by atoms with van der Waals surface area (Å²) in [5.41, 5.74) is 6.82. The molecule has 0 amide bonds. The van der Waals surface area contributed by atoms with E-state index in [4.69, 9.17) is 5.73 Å². The van der Waals surface area contributed by atoms with Crippen LogP contribution < -0.4 is 15.9 Å². The molecule has 1 aromatic heterocycles. The molecule has 1 heterocycles. The summed E-state index contributed by atoms with van der Waals surface area (Å²) in [6, 6.07) is 0.401. The molecular formula is C10H17N3OS. The SMILES string of the molecule is NC1CCC(CNCc2csc(=O)[nH]2)C1. The monoisotopic (exact) mass is 227 g/mol. The lowest BCUT2D eigenvalue weighted by atomic mass is 10.1. The Hall–Kier alpha value is -0.650. The van der Waals surface area contributed by atoms with E-state index in [-0.39, 0.29) is 4.87 Å². The molecule has 4 nitrogen and oxygen atoms in total. The lowest BCUT2D eigenvalue weighted by Gasteiger charge is -2.09. The van der Waals surface area contributed by atoms with Crippen LogP contribution in [0.15, 0.2) is 10.2 Å². The Labute approximate surface area is 92.9 Å². The fourth-order valence-corrected chi connectivity index (χ4v) is 2.69. The van der Waals surface area contributed by atoms with Crippen molar-refractivity contribution in [2.45, 2.75) is 31.8 Å². The summed E-state index contributed by atoms with van der Waals surface area (Å²) in [6.45, 7) is 1.76. The van der Waals surface area contributed by atoms with Crippen molar-refractivity contribution in [1.82, 2.24) is 10.3 Å². The van der Waals surface area contributed by atoms with E-state index in [0.717, 1.165) is 31.6 Å². The Bertz CT molecular complexity index is 360. The second-order valence-electron chi connectivity index (χ2n) is 4.24. The molecule has 0 spiro atoms. The van der Waals surface area contributed by atoms with Crippen LogP contribution in [0.5, 0.6) is 0 Å². The summed E-state index contributed by atoms with van der Waals surface area (Å²) in [5, 5.41) is 5.23. The van der Waals surface area contributed by atoms with Gasteiger partial charge in [0.25, 0.3) is 0 Å². The third-order valence-electron chi connectivity index (χ3n) is 2.90. The van der Waals surface area contributed by atoms with Crippen LogP contribution in [0.4, 0.5) is 0 Å². The standard InChI is InChI=1S/C10H17N3OS/c11-8-2-1-7(3-8)4-12-5-9-6-15-10(14)13-9/h6-8,12H,1-5,11H2,(H,13,14). The first-order valence-corrected chi connectivity index (χ1v) is 6.25. The molecule has 2 rings (SSSR count). The predicted molar refractivity (Wildman–Crippen MR) is 62.0 cm³/mol. The zero-order chi connectivity index (χ0) is 10.7. The van der Waals surface area contributed by atoms with E-state index >= 15 is 0 Å². The van der Waals surface area contributed by atoms with Gasteiger partial charge in [-0.15, -0.1) is 0 Å². The molecule has 2 atom stereocenters. The zero-order valence-electron chi connectivity index (χ0n) is 8.66. The molecule has 15 heavy (non-hydrogen) atoms. The highest BCUT2D eigenvalue weighted by atomic mass is 32.1. The third-order valence-corrected chi connectivity index (χ3v) is 3.62. The van der Waals surface area contributed by atoms with Crippen molar-refractivity contribution in [2.24, 2.45) is 11.7 Å². The number of nitrogens with two attached hydrogens (primary N) is 1. The van der Waals surface area contributed by atoms with Crippen LogP contribution in [0.1, 0.15) is 25.0 Å². The Morgan fingerprint density at radius 1 is 1.60 bits per heavy atom. The van der Waals surface area contributed by atoms with Crippen molar-refractivity contribution in [1.29, 1.82) is 0 Å². The van der Waals surface area contributed by atoms with Crippen LogP contribution in [-0.4, -0.2) is 17.6 Å². The van der Waals surface area contributed by atoms with E-state index in [9.17, 15) is 4.79 Å². The van der Waals surface area contributed by atoms with E-state index in [1.807, 2.05) is 5.38 Å². The predicted octanol–water partition coefficient (Wildman–Crippen LogP) is 0.653. The fraction of sp³-hybridized carbons (Fsp3) is 0.700. The van der Waals surface area contributed by atoms with Gasteiger partial charge < -0.3 is 16.0 Å². The molecule has 84 valence electrons. The Balaban J connectivity index is 1.69. The minimum atomic E-state index is 0.0229. The Morgan fingerprint density at radius 2 is 2.47 bits per heavy atom. The smallest absolute Gasteiger partial charge is 0.304 e. The Kier molecular flexibility index (Phi) is 3.56. The average Bonchev–Trinajstić information content (AvgIpc) is 2.76.